The predicted octanol–water partition coefficient (Wildman–Crippen LogP) is 4.37. The van der Waals surface area contributed by atoms with Crippen LogP contribution in [0.2, 0.25) is 0 Å². The van der Waals surface area contributed by atoms with Crippen LogP contribution in [0.4, 0.5) is 0 Å². The molecule has 5 rings (SSSR count). The van der Waals surface area contributed by atoms with Gasteiger partial charge in [0.05, 0.1) is 11.2 Å². The Kier molecular flexibility index (Phi) is 8.53. The highest BCUT2D eigenvalue weighted by molar-refractivity contribution is 7.09. The minimum absolute atomic E-state index is 0. The summed E-state index contributed by atoms with van der Waals surface area (Å²) in [6, 6.07) is 14.8. The van der Waals surface area contributed by atoms with Crippen LogP contribution in [-0.2, 0) is 26.2 Å². The maximum absolute atomic E-state index is 13.4. The second kappa shape index (κ2) is 10.9. The van der Waals surface area contributed by atoms with Crippen LogP contribution in [0.1, 0.15) is 39.7 Å². The van der Waals surface area contributed by atoms with Crippen LogP contribution in [0.15, 0.2) is 52.8 Å². The number of fused-ring (bicyclic) bond motifs is 4. The average Bonchev–Trinajstić information content (AvgIpc) is 3.16. The third kappa shape index (κ3) is 5.26. The molecule has 5 nitrogen and oxygen atoms in total. The Morgan fingerprint density at radius 1 is 1.09 bits per heavy atom. The molecular weight excluding hydrogens is 463 g/mol. The summed E-state index contributed by atoms with van der Waals surface area (Å²) in [4.78, 5) is 21.5. The zero-order valence-corrected chi connectivity index (χ0v) is 20.6. The van der Waals surface area contributed by atoms with Crippen LogP contribution in [0, 0.1) is 12.8 Å². The molecule has 2 atom stereocenters. The fourth-order valence-corrected chi connectivity index (χ4v) is 5.71. The van der Waals surface area contributed by atoms with Gasteiger partial charge in [0, 0.05) is 54.8 Å². The third-order valence-corrected chi connectivity index (χ3v) is 7.36. The molecule has 0 amide bonds. The number of halogens is 2. The summed E-state index contributed by atoms with van der Waals surface area (Å²) < 4.78 is 2.06. The van der Waals surface area contributed by atoms with E-state index in [0.717, 1.165) is 44.0 Å². The van der Waals surface area contributed by atoms with E-state index in [4.69, 9.17) is 0 Å². The molecule has 32 heavy (non-hydrogen) atoms. The third-order valence-electron chi connectivity index (χ3n) is 6.44. The van der Waals surface area contributed by atoms with E-state index >= 15 is 0 Å². The Labute approximate surface area is 205 Å². The minimum Gasteiger partial charge on any atom is -0.316 e. The lowest BCUT2D eigenvalue weighted by Gasteiger charge is -2.37. The molecule has 8 heteroatoms. The fourth-order valence-electron chi connectivity index (χ4n) is 4.89. The van der Waals surface area contributed by atoms with E-state index in [1.807, 2.05) is 11.6 Å². The monoisotopic (exact) mass is 492 g/mol. The number of nitrogens with one attached hydrogen (secondary N) is 1. The van der Waals surface area contributed by atoms with E-state index in [9.17, 15) is 4.79 Å². The van der Waals surface area contributed by atoms with Gasteiger partial charge in [-0.1, -0.05) is 36.4 Å². The fraction of sp³-hybridized carbons (Fsp3) is 0.417. The van der Waals surface area contributed by atoms with E-state index in [1.54, 1.807) is 11.3 Å². The molecular formula is C24H30Cl2N4OS. The first-order valence-electron chi connectivity index (χ1n) is 10.8. The first kappa shape index (κ1) is 24.9. The Hall–Kier alpha value is -1.70. The highest BCUT2D eigenvalue weighted by Gasteiger charge is 2.31. The Morgan fingerprint density at radius 3 is 2.66 bits per heavy atom. The van der Waals surface area contributed by atoms with E-state index in [2.05, 4.69) is 63.1 Å². The standard InChI is InChI=1S/C24H28N4OS.2ClH/c1-17-23(30-16-26-17)15-27(12-18-5-3-2-4-6-18)14-20-7-8-22-21-9-19(10-25-11-21)13-28(22)24(20)29;;/h2-8,16,19,21,25H,9-15H2,1H3;2*1H/t19-,21+;;/m0../s1. The summed E-state index contributed by atoms with van der Waals surface area (Å²) in [5.41, 5.74) is 6.55. The van der Waals surface area contributed by atoms with Crippen molar-refractivity contribution >= 4 is 36.2 Å². The van der Waals surface area contributed by atoms with Gasteiger partial charge >= 0.3 is 0 Å². The van der Waals surface area contributed by atoms with E-state index < -0.39 is 0 Å². The predicted molar refractivity (Wildman–Crippen MR) is 135 cm³/mol. The van der Waals surface area contributed by atoms with Crippen LogP contribution in [0.3, 0.4) is 0 Å². The van der Waals surface area contributed by atoms with Crippen LogP contribution in [0.25, 0.3) is 0 Å². The number of piperidine rings is 1. The van der Waals surface area contributed by atoms with Gasteiger partial charge in [-0.05, 0) is 37.4 Å². The molecule has 2 aromatic heterocycles. The molecule has 0 aliphatic carbocycles. The summed E-state index contributed by atoms with van der Waals surface area (Å²) in [7, 11) is 0. The van der Waals surface area contributed by atoms with Crippen molar-refractivity contribution in [1.82, 2.24) is 19.8 Å². The maximum atomic E-state index is 13.4. The maximum Gasteiger partial charge on any atom is 0.255 e. The molecule has 0 saturated carbocycles. The van der Waals surface area contributed by atoms with E-state index in [-0.39, 0.29) is 30.4 Å². The first-order valence-corrected chi connectivity index (χ1v) is 11.6. The van der Waals surface area contributed by atoms with Gasteiger partial charge in [-0.15, -0.1) is 36.2 Å². The summed E-state index contributed by atoms with van der Waals surface area (Å²) in [6.45, 7) is 7.19. The molecule has 4 heterocycles. The number of nitrogens with zero attached hydrogens (tertiary/aromatic N) is 3. The second-order valence-electron chi connectivity index (χ2n) is 8.65. The summed E-state index contributed by atoms with van der Waals surface area (Å²) in [6.07, 6.45) is 1.20. The van der Waals surface area contributed by atoms with Crippen molar-refractivity contribution in [2.45, 2.75) is 45.4 Å². The summed E-state index contributed by atoms with van der Waals surface area (Å²) in [5.74, 6) is 1.05. The molecule has 2 aliphatic rings. The van der Waals surface area contributed by atoms with Crippen molar-refractivity contribution in [2.75, 3.05) is 13.1 Å². The lowest BCUT2D eigenvalue weighted by molar-refractivity contribution is 0.240. The highest BCUT2D eigenvalue weighted by Crippen LogP contribution is 2.32. The Morgan fingerprint density at radius 2 is 1.91 bits per heavy atom. The van der Waals surface area contributed by atoms with Gasteiger partial charge in [-0.3, -0.25) is 9.69 Å². The molecule has 1 saturated heterocycles. The van der Waals surface area contributed by atoms with Gasteiger partial charge in [0.25, 0.3) is 5.56 Å². The molecule has 2 bridgehead atoms. The van der Waals surface area contributed by atoms with Gasteiger partial charge in [-0.2, -0.15) is 0 Å². The number of benzene rings is 1. The quantitative estimate of drug-likeness (QED) is 0.554. The van der Waals surface area contributed by atoms with Crippen molar-refractivity contribution in [3.63, 3.8) is 0 Å². The Bertz CT molecular complexity index is 1090. The number of hydrogen-bond donors (Lipinski definition) is 1. The van der Waals surface area contributed by atoms with Crippen LogP contribution < -0.4 is 10.9 Å². The molecule has 1 aromatic carbocycles. The lowest BCUT2D eigenvalue weighted by atomic mass is 9.84. The van der Waals surface area contributed by atoms with Crippen LogP contribution >= 0.6 is 36.2 Å². The van der Waals surface area contributed by atoms with Crippen molar-refractivity contribution in [3.8, 4) is 0 Å². The van der Waals surface area contributed by atoms with Crippen molar-refractivity contribution in [2.24, 2.45) is 5.92 Å². The van der Waals surface area contributed by atoms with Gasteiger partial charge in [0.2, 0.25) is 0 Å². The molecule has 0 spiro atoms. The summed E-state index contributed by atoms with van der Waals surface area (Å²) in [5, 5.41) is 3.52. The smallest absolute Gasteiger partial charge is 0.255 e. The average molecular weight is 494 g/mol. The normalized spacial score (nSPS) is 19.1. The van der Waals surface area contributed by atoms with E-state index in [0.29, 0.717) is 18.4 Å². The second-order valence-corrected chi connectivity index (χ2v) is 9.59. The molecule has 1 N–H and O–H groups in total. The number of hydrogen-bond acceptors (Lipinski definition) is 5. The molecule has 2 aliphatic heterocycles. The molecule has 0 radical (unpaired) electrons. The number of thiazole rings is 1. The van der Waals surface area contributed by atoms with Gasteiger partial charge in [-0.25, -0.2) is 4.98 Å². The van der Waals surface area contributed by atoms with Gasteiger partial charge in [0.15, 0.2) is 0 Å². The number of rotatable bonds is 6. The van der Waals surface area contributed by atoms with Crippen molar-refractivity contribution in [3.05, 3.63) is 85.7 Å². The topological polar surface area (TPSA) is 50.2 Å². The summed E-state index contributed by atoms with van der Waals surface area (Å²) >= 11 is 1.69. The first-order chi connectivity index (χ1) is 14.7. The van der Waals surface area contributed by atoms with Gasteiger partial charge < -0.3 is 9.88 Å². The SMILES string of the molecule is Cc1ncsc1CN(Cc1ccccc1)Cc1ccc2n(c1=O)C[C@@H]1CNC[C@H]2C1.Cl.Cl. The molecule has 0 unspecified atom stereocenters. The zero-order chi connectivity index (χ0) is 20.5. The van der Waals surface area contributed by atoms with Gasteiger partial charge in [0.1, 0.15) is 0 Å². The lowest BCUT2D eigenvalue weighted by Crippen LogP contribution is -2.45. The Balaban J connectivity index is 0.00000144. The molecule has 1 fully saturated rings. The van der Waals surface area contributed by atoms with Crippen molar-refractivity contribution in [1.29, 1.82) is 0 Å². The molecule has 172 valence electrons. The van der Waals surface area contributed by atoms with Crippen LogP contribution in [0.5, 0.6) is 0 Å². The van der Waals surface area contributed by atoms with Crippen LogP contribution in [-0.4, -0.2) is 27.5 Å². The highest BCUT2D eigenvalue weighted by atomic mass is 35.5. The number of pyridine rings is 1. The largest absolute Gasteiger partial charge is 0.316 e. The number of aryl methyl sites for hydroxylation is 1. The molecule has 3 aromatic rings. The number of aromatic nitrogens is 2. The minimum atomic E-state index is 0. The zero-order valence-electron chi connectivity index (χ0n) is 18.2. The van der Waals surface area contributed by atoms with E-state index in [1.165, 1.54) is 22.6 Å². The van der Waals surface area contributed by atoms with Crippen molar-refractivity contribution < 1.29 is 0 Å².